The molecule has 11 unspecified atom stereocenters. The highest BCUT2D eigenvalue weighted by molar-refractivity contribution is 6.20. The molecule has 5 aliphatic heterocycles. The fraction of sp³-hybridized carbons (Fsp3) is 0.868. The molecule has 5 heterocycles. The molecule has 0 aromatic carbocycles. The van der Waals surface area contributed by atoms with E-state index in [9.17, 15) is 14.4 Å². The Morgan fingerprint density at radius 2 is 1.76 bits per heavy atom. The van der Waals surface area contributed by atoms with Gasteiger partial charge in [0.1, 0.15) is 6.17 Å². The highest BCUT2D eigenvalue weighted by Gasteiger charge is 2.62. The number of halogens is 1. The van der Waals surface area contributed by atoms with Gasteiger partial charge in [-0.15, -0.1) is 0 Å². The molecular weight excluding hydrogens is 655 g/mol. The molecule has 3 saturated carbocycles. The van der Waals surface area contributed by atoms with Crippen LogP contribution in [0.15, 0.2) is 11.8 Å². The number of ketones is 1. The third-order valence-corrected chi connectivity index (χ3v) is 13.5. The zero-order valence-electron chi connectivity index (χ0n) is 30.6. The van der Waals surface area contributed by atoms with Crippen molar-refractivity contribution in [2.75, 3.05) is 73.1 Å². The molecule has 0 radical (unpaired) electrons. The Hall–Kier alpha value is -2.16. The van der Waals surface area contributed by atoms with Gasteiger partial charge in [-0.2, -0.15) is 0 Å². The van der Waals surface area contributed by atoms with Gasteiger partial charge in [-0.1, -0.05) is 12.8 Å². The number of nitrogens with zero attached hydrogens (tertiary/aromatic N) is 4. The molecular formula is C38H59FN6O6. The van der Waals surface area contributed by atoms with Gasteiger partial charge in [0.15, 0.2) is 5.78 Å². The van der Waals surface area contributed by atoms with Crippen molar-refractivity contribution >= 4 is 17.6 Å². The molecule has 7 fully saturated rings. The van der Waals surface area contributed by atoms with E-state index in [0.717, 1.165) is 58.2 Å². The molecule has 12 atom stereocenters. The Morgan fingerprint density at radius 3 is 2.59 bits per heavy atom. The molecule has 8 rings (SSSR count). The number of rotatable bonds is 10. The average Bonchev–Trinajstić information content (AvgIpc) is 3.72. The summed E-state index contributed by atoms with van der Waals surface area (Å²) in [6.45, 7) is 5.77. The van der Waals surface area contributed by atoms with Crippen LogP contribution in [0.25, 0.3) is 0 Å². The van der Waals surface area contributed by atoms with E-state index in [4.69, 9.17) is 14.2 Å². The van der Waals surface area contributed by atoms with Crippen LogP contribution in [0, 0.1) is 17.8 Å². The van der Waals surface area contributed by atoms with E-state index in [0.29, 0.717) is 57.3 Å². The van der Waals surface area contributed by atoms with Crippen molar-refractivity contribution in [3.8, 4) is 0 Å². The van der Waals surface area contributed by atoms with Gasteiger partial charge in [0, 0.05) is 50.9 Å². The van der Waals surface area contributed by atoms with Crippen LogP contribution in [0.5, 0.6) is 0 Å². The van der Waals surface area contributed by atoms with Crippen LogP contribution >= 0.6 is 0 Å². The Labute approximate surface area is 302 Å². The molecule has 13 heteroatoms. The van der Waals surface area contributed by atoms with Crippen molar-refractivity contribution in [3.05, 3.63) is 11.8 Å². The number of hydrogen-bond donors (Lipinski definition) is 2. The molecule has 0 bridgehead atoms. The van der Waals surface area contributed by atoms with Crippen LogP contribution in [0.3, 0.4) is 0 Å². The minimum atomic E-state index is -1.29. The zero-order valence-corrected chi connectivity index (χ0v) is 30.6. The molecule has 4 saturated heterocycles. The maximum atomic E-state index is 16.7. The van der Waals surface area contributed by atoms with Crippen LogP contribution in [-0.4, -0.2) is 165 Å². The van der Waals surface area contributed by atoms with Crippen molar-refractivity contribution in [2.24, 2.45) is 17.8 Å². The van der Waals surface area contributed by atoms with Crippen molar-refractivity contribution < 1.29 is 33.0 Å². The SMILES string of the molecule is CN(C)CCCCNC(=O)C1=CN2C3CC4OC5CCCCC5C4CC3OC3C(N4CC[C@@H](NC(=O)CN5CCOCC5)C4)C(F)CC(C1=O)C32. The van der Waals surface area contributed by atoms with E-state index >= 15 is 4.39 Å². The third kappa shape index (κ3) is 7.24. The lowest BCUT2D eigenvalue weighted by atomic mass is 9.67. The molecule has 51 heavy (non-hydrogen) atoms. The molecule has 284 valence electrons. The topological polar surface area (TPSA) is 116 Å². The maximum absolute atomic E-state index is 16.7. The molecule has 12 nitrogen and oxygen atoms in total. The number of ether oxygens (including phenoxy) is 3. The van der Waals surface area contributed by atoms with E-state index in [1.165, 1.54) is 19.3 Å². The number of Topliss-reactive ketones (excluding diaryl/α,β-unsaturated/α-hetero) is 1. The van der Waals surface area contributed by atoms with Gasteiger partial charge < -0.3 is 34.6 Å². The van der Waals surface area contributed by atoms with E-state index in [1.54, 1.807) is 0 Å². The monoisotopic (exact) mass is 714 g/mol. The van der Waals surface area contributed by atoms with Gasteiger partial charge in [0.25, 0.3) is 5.91 Å². The van der Waals surface area contributed by atoms with E-state index in [2.05, 4.69) is 30.2 Å². The lowest BCUT2D eigenvalue weighted by molar-refractivity contribution is -0.220. The van der Waals surface area contributed by atoms with Gasteiger partial charge in [-0.25, -0.2) is 4.39 Å². The number of nitrogens with one attached hydrogen (secondary N) is 2. The first kappa shape index (κ1) is 35.8. The fourth-order valence-electron chi connectivity index (χ4n) is 11.1. The minimum Gasteiger partial charge on any atom is -0.379 e. The zero-order chi connectivity index (χ0) is 35.2. The predicted octanol–water partition coefficient (Wildman–Crippen LogP) is 1.33. The molecule has 8 aliphatic rings. The van der Waals surface area contributed by atoms with Crippen molar-refractivity contribution in [1.29, 1.82) is 0 Å². The maximum Gasteiger partial charge on any atom is 0.256 e. The minimum absolute atomic E-state index is 0.00438. The number of alkyl halides is 1. The Kier molecular flexibility index (Phi) is 10.8. The van der Waals surface area contributed by atoms with Crippen LogP contribution < -0.4 is 10.6 Å². The first-order chi connectivity index (χ1) is 24.7. The normalized spacial score (nSPS) is 41.0. The number of likely N-dealkylation sites (tertiary alicyclic amines) is 1. The number of fused-ring (bicyclic) bond motifs is 5. The molecule has 2 N–H and O–H groups in total. The number of amides is 2. The Morgan fingerprint density at radius 1 is 0.941 bits per heavy atom. The van der Waals surface area contributed by atoms with Gasteiger partial charge in [0.2, 0.25) is 5.91 Å². The summed E-state index contributed by atoms with van der Waals surface area (Å²) < 4.78 is 36.0. The molecule has 0 aromatic heterocycles. The summed E-state index contributed by atoms with van der Waals surface area (Å²) in [4.78, 5) is 49.4. The predicted molar refractivity (Wildman–Crippen MR) is 187 cm³/mol. The molecule has 0 spiro atoms. The number of carbonyl (C=O) groups excluding carboxylic acids is 3. The van der Waals surface area contributed by atoms with Crippen molar-refractivity contribution in [2.45, 2.75) is 119 Å². The lowest BCUT2D eigenvalue weighted by Crippen LogP contribution is -2.73. The second kappa shape index (κ2) is 15.3. The molecule has 3 aliphatic carbocycles. The van der Waals surface area contributed by atoms with Crippen molar-refractivity contribution in [3.63, 3.8) is 0 Å². The Balaban J connectivity index is 1.02. The summed E-state index contributed by atoms with van der Waals surface area (Å²) in [5, 5.41) is 6.22. The number of hydrogen-bond acceptors (Lipinski definition) is 10. The Bertz CT molecular complexity index is 1330. The van der Waals surface area contributed by atoms with Crippen LogP contribution in [0.2, 0.25) is 0 Å². The second-order valence-corrected chi connectivity index (χ2v) is 16.9. The first-order valence-electron chi connectivity index (χ1n) is 20.0. The fourth-order valence-corrected chi connectivity index (χ4v) is 11.1. The number of morpholine rings is 2. The van der Waals surface area contributed by atoms with Crippen LogP contribution in [0.1, 0.15) is 64.2 Å². The average molecular weight is 715 g/mol. The van der Waals surface area contributed by atoms with Crippen molar-refractivity contribution in [1.82, 2.24) is 30.2 Å². The number of unbranched alkanes of at least 4 members (excludes halogenated alkanes) is 1. The van der Waals surface area contributed by atoms with E-state index < -0.39 is 24.2 Å². The van der Waals surface area contributed by atoms with E-state index in [-0.39, 0.29) is 59.9 Å². The quantitative estimate of drug-likeness (QED) is 0.254. The largest absolute Gasteiger partial charge is 0.379 e. The molecule has 2 amide bonds. The van der Waals surface area contributed by atoms with Crippen LogP contribution in [-0.2, 0) is 28.6 Å². The summed E-state index contributed by atoms with van der Waals surface area (Å²) in [7, 11) is 4.06. The summed E-state index contributed by atoms with van der Waals surface area (Å²) >= 11 is 0. The smallest absolute Gasteiger partial charge is 0.256 e. The van der Waals surface area contributed by atoms with Gasteiger partial charge in [-0.3, -0.25) is 24.2 Å². The highest BCUT2D eigenvalue weighted by atomic mass is 19.1. The second-order valence-electron chi connectivity index (χ2n) is 16.9. The van der Waals surface area contributed by atoms with E-state index in [1.807, 2.05) is 20.3 Å². The molecule has 0 aromatic rings. The van der Waals surface area contributed by atoms with Gasteiger partial charge in [0.05, 0.1) is 67.9 Å². The summed E-state index contributed by atoms with van der Waals surface area (Å²) in [6, 6.07) is -0.966. The van der Waals surface area contributed by atoms with Gasteiger partial charge >= 0.3 is 0 Å². The first-order valence-corrected chi connectivity index (χ1v) is 20.0. The lowest BCUT2D eigenvalue weighted by Gasteiger charge is -2.61. The highest BCUT2D eigenvalue weighted by Crippen LogP contribution is 2.53. The van der Waals surface area contributed by atoms with Gasteiger partial charge in [-0.05, 0) is 83.8 Å². The third-order valence-electron chi connectivity index (χ3n) is 13.5. The summed E-state index contributed by atoms with van der Waals surface area (Å²) in [6.07, 6.45) is 9.34. The van der Waals surface area contributed by atoms with Crippen LogP contribution in [0.4, 0.5) is 4.39 Å². The summed E-state index contributed by atoms with van der Waals surface area (Å²) in [5.41, 5.74) is 0.154. The number of carbonyl (C=O) groups is 3. The standard InChI is InChI=1S/C38H59FN6O6/c1-42(2)11-6-5-10-40-38(48)27-21-45-29-19-31-25(24-7-3-4-8-30(24)50-31)18-32(29)51-37-34(45)26(36(27)47)17-28(39)35(37)44-12-9-23(20-44)41-33(46)22-43-13-15-49-16-14-43/h21,23-26,28-32,34-35,37H,3-20,22H2,1-2H3,(H,40,48)(H,41,46)/t23-,24?,25?,26?,28?,29?,30?,31?,32?,34?,35?,37?/m1/s1. The summed E-state index contributed by atoms with van der Waals surface area (Å²) in [5.74, 6) is -0.310.